The van der Waals surface area contributed by atoms with Crippen molar-refractivity contribution in [3.05, 3.63) is 24.3 Å². The van der Waals surface area contributed by atoms with Gasteiger partial charge in [-0.05, 0) is 31.4 Å². The van der Waals surface area contributed by atoms with Crippen molar-refractivity contribution >= 4 is 19.7 Å². The average Bonchev–Trinajstić information content (AvgIpc) is 2.32. The molecule has 21 heavy (non-hydrogen) atoms. The predicted octanol–water partition coefficient (Wildman–Crippen LogP) is 3.70. The van der Waals surface area contributed by atoms with E-state index in [9.17, 15) is 21.6 Å². The Balaban J connectivity index is 2.38. The third-order valence-electron chi connectivity index (χ3n) is 2.36. The van der Waals surface area contributed by atoms with E-state index in [0.29, 0.717) is 19.3 Å². The number of unbranched alkanes of at least 4 members (excludes halogenated alkanes) is 2. The number of benzene rings is 1. The second-order valence-electron chi connectivity index (χ2n) is 4.15. The summed E-state index contributed by atoms with van der Waals surface area (Å²) < 4.78 is 66.9. The lowest BCUT2D eigenvalue weighted by atomic mass is 10.2. The molecule has 0 aliphatic rings. The van der Waals surface area contributed by atoms with Crippen molar-refractivity contribution in [2.45, 2.75) is 25.6 Å². The van der Waals surface area contributed by atoms with E-state index < -0.39 is 21.2 Å². The summed E-state index contributed by atoms with van der Waals surface area (Å²) in [5, 5.41) is 0. The SMILES string of the molecule is O=S(=O)(Cl)CCCCCOc1ccccc1OC(F)(F)F. The van der Waals surface area contributed by atoms with Gasteiger partial charge in [0.2, 0.25) is 9.05 Å². The van der Waals surface area contributed by atoms with Crippen LogP contribution in [0.5, 0.6) is 11.5 Å². The average molecular weight is 347 g/mol. The maximum absolute atomic E-state index is 12.2. The lowest BCUT2D eigenvalue weighted by molar-refractivity contribution is -0.275. The van der Waals surface area contributed by atoms with Crippen LogP contribution in [-0.2, 0) is 9.05 Å². The van der Waals surface area contributed by atoms with Gasteiger partial charge in [0.25, 0.3) is 0 Å². The van der Waals surface area contributed by atoms with E-state index in [1.807, 2.05) is 0 Å². The van der Waals surface area contributed by atoms with E-state index in [1.165, 1.54) is 18.2 Å². The van der Waals surface area contributed by atoms with Crippen LogP contribution in [0.25, 0.3) is 0 Å². The Bertz CT molecular complexity index is 546. The molecule has 0 saturated carbocycles. The van der Waals surface area contributed by atoms with Gasteiger partial charge in [0.1, 0.15) is 0 Å². The van der Waals surface area contributed by atoms with Gasteiger partial charge in [-0.15, -0.1) is 13.2 Å². The molecule has 0 bridgehead atoms. The standard InChI is InChI=1S/C12H14ClF3O4S/c13-21(17,18)9-5-1-4-8-19-10-6-2-3-7-11(10)20-12(14,15)16/h2-3,6-7H,1,4-5,8-9H2. The van der Waals surface area contributed by atoms with E-state index in [4.69, 9.17) is 15.4 Å². The molecule has 1 aromatic rings. The van der Waals surface area contributed by atoms with Crippen molar-refractivity contribution in [1.82, 2.24) is 0 Å². The lowest BCUT2D eigenvalue weighted by Crippen LogP contribution is -2.17. The predicted molar refractivity (Wildman–Crippen MR) is 72.1 cm³/mol. The van der Waals surface area contributed by atoms with Crippen LogP contribution in [0.1, 0.15) is 19.3 Å². The highest BCUT2D eigenvalue weighted by Crippen LogP contribution is 2.31. The highest BCUT2D eigenvalue weighted by atomic mass is 35.7. The zero-order valence-corrected chi connectivity index (χ0v) is 12.5. The van der Waals surface area contributed by atoms with Gasteiger partial charge in [-0.3, -0.25) is 0 Å². The fraction of sp³-hybridized carbons (Fsp3) is 0.500. The molecular weight excluding hydrogens is 333 g/mol. The van der Waals surface area contributed by atoms with Crippen molar-refractivity contribution in [3.8, 4) is 11.5 Å². The van der Waals surface area contributed by atoms with Crippen LogP contribution in [0.3, 0.4) is 0 Å². The Kier molecular flexibility index (Phi) is 6.60. The van der Waals surface area contributed by atoms with Crippen LogP contribution in [-0.4, -0.2) is 27.1 Å². The molecule has 1 rings (SSSR count). The first-order valence-electron chi connectivity index (χ1n) is 6.07. The maximum Gasteiger partial charge on any atom is 0.573 e. The van der Waals surface area contributed by atoms with Gasteiger partial charge < -0.3 is 9.47 Å². The zero-order chi connectivity index (χ0) is 15.9. The Labute approximate surface area is 125 Å². The summed E-state index contributed by atoms with van der Waals surface area (Å²) in [6.45, 7) is 0.153. The highest BCUT2D eigenvalue weighted by molar-refractivity contribution is 8.13. The number of rotatable bonds is 8. The minimum absolute atomic E-state index is 0.0141. The topological polar surface area (TPSA) is 52.6 Å². The molecule has 4 nitrogen and oxygen atoms in total. The highest BCUT2D eigenvalue weighted by Gasteiger charge is 2.32. The minimum atomic E-state index is -4.78. The van der Waals surface area contributed by atoms with Gasteiger partial charge in [0, 0.05) is 10.7 Å². The lowest BCUT2D eigenvalue weighted by Gasteiger charge is -2.13. The molecule has 0 N–H and O–H groups in total. The van der Waals surface area contributed by atoms with Crippen molar-refractivity contribution in [1.29, 1.82) is 0 Å². The molecule has 1 aromatic carbocycles. The van der Waals surface area contributed by atoms with Crippen molar-refractivity contribution < 1.29 is 31.1 Å². The third kappa shape index (κ3) is 8.67. The normalized spacial score (nSPS) is 12.2. The monoisotopic (exact) mass is 346 g/mol. The first-order chi connectivity index (χ1) is 9.67. The van der Waals surface area contributed by atoms with Crippen LogP contribution < -0.4 is 9.47 Å². The second-order valence-corrected chi connectivity index (χ2v) is 7.04. The van der Waals surface area contributed by atoms with Crippen molar-refractivity contribution in [2.24, 2.45) is 0 Å². The maximum atomic E-state index is 12.2. The van der Waals surface area contributed by atoms with Crippen molar-refractivity contribution in [3.63, 3.8) is 0 Å². The quantitative estimate of drug-likeness (QED) is 0.532. The Morgan fingerprint density at radius 3 is 2.24 bits per heavy atom. The van der Waals surface area contributed by atoms with Gasteiger partial charge in [0.15, 0.2) is 11.5 Å². The van der Waals surface area contributed by atoms with Crippen LogP contribution in [0.2, 0.25) is 0 Å². The Morgan fingerprint density at radius 2 is 1.67 bits per heavy atom. The summed E-state index contributed by atoms with van der Waals surface area (Å²) in [5.41, 5.74) is 0. The third-order valence-corrected chi connectivity index (χ3v) is 3.60. The fourth-order valence-electron chi connectivity index (χ4n) is 1.51. The Morgan fingerprint density at radius 1 is 1.05 bits per heavy atom. The summed E-state index contributed by atoms with van der Waals surface area (Å²) in [7, 11) is 1.54. The molecule has 0 saturated heterocycles. The first-order valence-corrected chi connectivity index (χ1v) is 8.55. The Hall–Kier alpha value is -1.15. The molecule has 0 heterocycles. The molecule has 0 amide bonds. The molecule has 0 spiro atoms. The molecule has 120 valence electrons. The number of ether oxygens (including phenoxy) is 2. The summed E-state index contributed by atoms with van der Waals surface area (Å²) in [5.74, 6) is -0.560. The molecule has 0 atom stereocenters. The van der Waals surface area contributed by atoms with E-state index in [2.05, 4.69) is 4.74 Å². The largest absolute Gasteiger partial charge is 0.573 e. The summed E-state index contributed by atoms with van der Waals surface area (Å²) >= 11 is 0. The molecule has 9 heteroatoms. The van der Waals surface area contributed by atoms with E-state index in [-0.39, 0.29) is 18.1 Å². The van der Waals surface area contributed by atoms with E-state index >= 15 is 0 Å². The summed E-state index contributed by atoms with van der Waals surface area (Å²) in [6.07, 6.45) is -3.38. The van der Waals surface area contributed by atoms with E-state index in [1.54, 1.807) is 0 Å². The van der Waals surface area contributed by atoms with Gasteiger partial charge in [-0.25, -0.2) is 8.42 Å². The van der Waals surface area contributed by atoms with Gasteiger partial charge in [-0.2, -0.15) is 0 Å². The molecule has 0 aromatic heterocycles. The minimum Gasteiger partial charge on any atom is -0.490 e. The number of hydrogen-bond acceptors (Lipinski definition) is 4. The smallest absolute Gasteiger partial charge is 0.490 e. The molecule has 0 unspecified atom stereocenters. The molecule has 0 aliphatic carbocycles. The van der Waals surface area contributed by atoms with Crippen LogP contribution in [0.4, 0.5) is 13.2 Å². The number of alkyl halides is 3. The summed E-state index contributed by atoms with van der Waals surface area (Å²) in [4.78, 5) is 0. The molecule has 0 aliphatic heterocycles. The van der Waals surface area contributed by atoms with E-state index in [0.717, 1.165) is 6.07 Å². The molecule has 0 radical (unpaired) electrons. The number of halogens is 4. The van der Waals surface area contributed by atoms with Crippen molar-refractivity contribution in [2.75, 3.05) is 12.4 Å². The number of para-hydroxylation sites is 2. The van der Waals surface area contributed by atoms with Crippen LogP contribution >= 0.6 is 10.7 Å². The zero-order valence-electron chi connectivity index (χ0n) is 10.9. The fourth-order valence-corrected chi connectivity index (χ4v) is 2.39. The van der Waals surface area contributed by atoms with Crippen LogP contribution in [0.15, 0.2) is 24.3 Å². The second kappa shape index (κ2) is 7.74. The first kappa shape index (κ1) is 17.9. The van der Waals surface area contributed by atoms with Crippen LogP contribution in [0, 0.1) is 0 Å². The van der Waals surface area contributed by atoms with Gasteiger partial charge >= 0.3 is 6.36 Å². The molecular formula is C12H14ClF3O4S. The van der Waals surface area contributed by atoms with Gasteiger partial charge in [0.05, 0.1) is 12.4 Å². The summed E-state index contributed by atoms with van der Waals surface area (Å²) in [6, 6.07) is 5.45. The molecule has 0 fully saturated rings. The van der Waals surface area contributed by atoms with Gasteiger partial charge in [-0.1, -0.05) is 12.1 Å². The number of hydrogen-bond donors (Lipinski definition) is 0.